The van der Waals surface area contributed by atoms with Crippen LogP contribution in [0.2, 0.25) is 0 Å². The third-order valence-electron chi connectivity index (χ3n) is 2.48. The Morgan fingerprint density at radius 3 is 2.40 bits per heavy atom. The molecule has 7 heteroatoms. The van der Waals surface area contributed by atoms with Crippen LogP contribution in [0.3, 0.4) is 0 Å². The molecule has 1 aromatic rings. The van der Waals surface area contributed by atoms with Gasteiger partial charge < -0.3 is 15.4 Å². The van der Waals surface area contributed by atoms with E-state index in [1.165, 1.54) is 0 Å². The zero-order valence-corrected chi connectivity index (χ0v) is 13.8. The van der Waals surface area contributed by atoms with Crippen LogP contribution in [-0.2, 0) is 0 Å². The summed E-state index contributed by atoms with van der Waals surface area (Å²) in [4.78, 5) is 12.9. The van der Waals surface area contributed by atoms with Crippen molar-refractivity contribution in [2.24, 2.45) is 0 Å². The molecule has 0 spiro atoms. The molecule has 0 radical (unpaired) electrons. The lowest BCUT2D eigenvalue weighted by molar-refractivity contribution is 0.222. The third-order valence-corrected chi connectivity index (χ3v) is 3.22. The SMILES string of the molecule is CCNc1nc(NC(CC)CSC)nc(OC(C)C)n1. The lowest BCUT2D eigenvalue weighted by atomic mass is 10.3. The van der Waals surface area contributed by atoms with Gasteiger partial charge in [-0.15, -0.1) is 0 Å². The molecular weight excluding hydrogens is 274 g/mol. The van der Waals surface area contributed by atoms with Crippen LogP contribution >= 0.6 is 11.8 Å². The molecule has 0 amide bonds. The van der Waals surface area contributed by atoms with Crippen LogP contribution in [0.25, 0.3) is 0 Å². The van der Waals surface area contributed by atoms with Crippen molar-refractivity contribution in [2.75, 3.05) is 29.2 Å². The smallest absolute Gasteiger partial charge is 0.323 e. The summed E-state index contributed by atoms with van der Waals surface area (Å²) in [6.07, 6.45) is 3.14. The lowest BCUT2D eigenvalue weighted by Crippen LogP contribution is -2.23. The maximum Gasteiger partial charge on any atom is 0.323 e. The van der Waals surface area contributed by atoms with Gasteiger partial charge in [0.15, 0.2) is 0 Å². The molecule has 0 bridgehead atoms. The van der Waals surface area contributed by atoms with Crippen LogP contribution in [0.1, 0.15) is 34.1 Å². The number of thioether (sulfide) groups is 1. The van der Waals surface area contributed by atoms with Crippen LogP contribution in [0, 0.1) is 0 Å². The molecule has 6 nitrogen and oxygen atoms in total. The van der Waals surface area contributed by atoms with Crippen LogP contribution in [0.5, 0.6) is 6.01 Å². The van der Waals surface area contributed by atoms with Gasteiger partial charge in [0.1, 0.15) is 0 Å². The van der Waals surface area contributed by atoms with Gasteiger partial charge >= 0.3 is 6.01 Å². The fraction of sp³-hybridized carbons (Fsp3) is 0.769. The van der Waals surface area contributed by atoms with Crippen molar-refractivity contribution in [3.63, 3.8) is 0 Å². The summed E-state index contributed by atoms with van der Waals surface area (Å²) < 4.78 is 5.57. The average molecular weight is 299 g/mol. The van der Waals surface area contributed by atoms with E-state index < -0.39 is 0 Å². The summed E-state index contributed by atoms with van der Waals surface area (Å²) in [6.45, 7) is 8.81. The molecule has 1 unspecified atom stereocenters. The normalized spacial score (nSPS) is 12.3. The number of hydrogen-bond acceptors (Lipinski definition) is 7. The maximum atomic E-state index is 5.57. The minimum Gasteiger partial charge on any atom is -0.461 e. The van der Waals surface area contributed by atoms with Crippen molar-refractivity contribution in [2.45, 2.75) is 46.3 Å². The van der Waals surface area contributed by atoms with Crippen molar-refractivity contribution < 1.29 is 4.74 Å². The number of anilines is 2. The van der Waals surface area contributed by atoms with Gasteiger partial charge in [-0.2, -0.15) is 26.7 Å². The summed E-state index contributed by atoms with van der Waals surface area (Å²) >= 11 is 1.80. The van der Waals surface area contributed by atoms with Crippen molar-refractivity contribution in [1.82, 2.24) is 15.0 Å². The van der Waals surface area contributed by atoms with E-state index in [0.717, 1.165) is 18.7 Å². The van der Waals surface area contributed by atoms with E-state index >= 15 is 0 Å². The van der Waals surface area contributed by atoms with Gasteiger partial charge in [-0.25, -0.2) is 0 Å². The summed E-state index contributed by atoms with van der Waals surface area (Å²) in [5, 5.41) is 6.44. The molecular formula is C13H25N5OS. The highest BCUT2D eigenvalue weighted by Crippen LogP contribution is 2.15. The number of hydrogen-bond donors (Lipinski definition) is 2. The Morgan fingerprint density at radius 2 is 1.85 bits per heavy atom. The number of ether oxygens (including phenoxy) is 1. The van der Waals surface area contributed by atoms with Gasteiger partial charge in [-0.1, -0.05) is 6.92 Å². The van der Waals surface area contributed by atoms with Gasteiger partial charge in [-0.3, -0.25) is 0 Å². The molecule has 0 saturated carbocycles. The Hall–Kier alpha value is -1.24. The zero-order valence-electron chi connectivity index (χ0n) is 12.9. The molecule has 0 aliphatic rings. The monoisotopic (exact) mass is 299 g/mol. The Labute approximate surface area is 125 Å². The van der Waals surface area contributed by atoms with Crippen molar-refractivity contribution in [3.8, 4) is 6.01 Å². The van der Waals surface area contributed by atoms with E-state index in [1.807, 2.05) is 20.8 Å². The highest BCUT2D eigenvalue weighted by Gasteiger charge is 2.12. The molecule has 1 aromatic heterocycles. The van der Waals surface area contributed by atoms with E-state index in [1.54, 1.807) is 11.8 Å². The lowest BCUT2D eigenvalue weighted by Gasteiger charge is -2.17. The first kappa shape index (κ1) is 16.8. The molecule has 0 aliphatic heterocycles. The fourth-order valence-corrected chi connectivity index (χ4v) is 2.29. The molecule has 1 rings (SSSR count). The van der Waals surface area contributed by atoms with Crippen LogP contribution in [0.15, 0.2) is 0 Å². The second kappa shape index (κ2) is 8.84. The van der Waals surface area contributed by atoms with Crippen molar-refractivity contribution in [1.29, 1.82) is 0 Å². The van der Waals surface area contributed by atoms with E-state index in [-0.39, 0.29) is 6.10 Å². The highest BCUT2D eigenvalue weighted by atomic mass is 32.2. The van der Waals surface area contributed by atoms with Gasteiger partial charge in [-0.05, 0) is 33.4 Å². The molecule has 0 fully saturated rings. The first-order chi connectivity index (χ1) is 9.58. The molecule has 1 heterocycles. The molecule has 1 atom stereocenters. The number of aromatic nitrogens is 3. The second-order valence-electron chi connectivity index (χ2n) is 4.67. The fourth-order valence-electron chi connectivity index (χ4n) is 1.57. The van der Waals surface area contributed by atoms with E-state index in [2.05, 4.69) is 38.8 Å². The number of rotatable bonds is 9. The van der Waals surface area contributed by atoms with Crippen LogP contribution in [0.4, 0.5) is 11.9 Å². The van der Waals surface area contributed by atoms with Gasteiger partial charge in [0.25, 0.3) is 0 Å². The van der Waals surface area contributed by atoms with Crippen molar-refractivity contribution >= 4 is 23.7 Å². The number of nitrogens with one attached hydrogen (secondary N) is 2. The topological polar surface area (TPSA) is 72.0 Å². The maximum absolute atomic E-state index is 5.57. The van der Waals surface area contributed by atoms with Gasteiger partial charge in [0.05, 0.1) is 6.10 Å². The second-order valence-corrected chi connectivity index (χ2v) is 5.58. The molecule has 0 aliphatic carbocycles. The first-order valence-corrected chi connectivity index (χ1v) is 8.40. The van der Waals surface area contributed by atoms with Gasteiger partial charge in [0, 0.05) is 18.3 Å². The largest absolute Gasteiger partial charge is 0.461 e. The molecule has 0 aromatic carbocycles. The quantitative estimate of drug-likeness (QED) is 0.726. The average Bonchev–Trinajstić information content (AvgIpc) is 2.37. The Kier molecular flexibility index (Phi) is 7.43. The van der Waals surface area contributed by atoms with E-state index in [4.69, 9.17) is 4.74 Å². The summed E-state index contributed by atoms with van der Waals surface area (Å²) in [6, 6.07) is 0.696. The zero-order chi connectivity index (χ0) is 15.0. The summed E-state index contributed by atoms with van der Waals surface area (Å²) in [5.74, 6) is 2.12. The molecule has 114 valence electrons. The summed E-state index contributed by atoms with van der Waals surface area (Å²) in [7, 11) is 0. The molecule has 2 N–H and O–H groups in total. The number of nitrogens with zero attached hydrogens (tertiary/aromatic N) is 3. The minimum absolute atomic E-state index is 0.0351. The van der Waals surface area contributed by atoms with Gasteiger partial charge in [0.2, 0.25) is 11.9 Å². The predicted octanol–water partition coefficient (Wildman–Crippen LogP) is 2.64. The third kappa shape index (κ3) is 5.81. The predicted molar refractivity (Wildman–Crippen MR) is 85.8 cm³/mol. The molecule has 20 heavy (non-hydrogen) atoms. The highest BCUT2D eigenvalue weighted by molar-refractivity contribution is 7.98. The minimum atomic E-state index is 0.0351. The summed E-state index contributed by atoms with van der Waals surface area (Å²) in [5.41, 5.74) is 0. The first-order valence-electron chi connectivity index (χ1n) is 7.01. The Bertz CT molecular complexity index is 402. The van der Waals surface area contributed by atoms with Crippen molar-refractivity contribution in [3.05, 3.63) is 0 Å². The Balaban J connectivity index is 2.89. The van der Waals surface area contributed by atoms with E-state index in [0.29, 0.717) is 23.9 Å². The van der Waals surface area contributed by atoms with Crippen LogP contribution in [-0.4, -0.2) is 45.7 Å². The standard InChI is InChI=1S/C13H25N5OS/c1-6-10(8-20-5)15-12-16-11(14-7-2)17-13(18-12)19-9(3)4/h9-10H,6-8H2,1-5H3,(H2,14,15,16,17,18). The van der Waals surface area contributed by atoms with Crippen LogP contribution < -0.4 is 15.4 Å². The molecule has 0 saturated heterocycles. The Morgan fingerprint density at radius 1 is 1.15 bits per heavy atom. The van der Waals surface area contributed by atoms with E-state index in [9.17, 15) is 0 Å².